The summed E-state index contributed by atoms with van der Waals surface area (Å²) in [5, 5.41) is 3.00. The first-order valence-electron chi connectivity index (χ1n) is 18.1. The third-order valence-electron chi connectivity index (χ3n) is 11.0. The molecule has 0 aliphatic carbocycles. The quantitative estimate of drug-likeness (QED) is 0.278. The van der Waals surface area contributed by atoms with Crippen molar-refractivity contribution in [3.63, 3.8) is 0 Å². The number of nitrogens with one attached hydrogen (secondary N) is 1. The van der Waals surface area contributed by atoms with Crippen LogP contribution in [0.4, 0.5) is 16.2 Å². The molecular weight excluding hydrogens is 782 g/mol. The van der Waals surface area contributed by atoms with Gasteiger partial charge in [0, 0.05) is 72.4 Å². The molecule has 0 saturated carbocycles. The van der Waals surface area contributed by atoms with Crippen LogP contribution in [0.25, 0.3) is 0 Å². The minimum absolute atomic E-state index is 0.00537. The number of hydrogen-bond acceptors (Lipinski definition) is 8. The Labute approximate surface area is 317 Å². The summed E-state index contributed by atoms with van der Waals surface area (Å²) in [6, 6.07) is 11.1. The third-order valence-corrected chi connectivity index (χ3v) is 12.3. The Morgan fingerprint density at radius 1 is 0.961 bits per heavy atom. The Hall–Kier alpha value is -3.20. The van der Waals surface area contributed by atoms with E-state index in [4.69, 9.17) is 10.5 Å². The van der Waals surface area contributed by atoms with Gasteiger partial charge in [0.25, 0.3) is 0 Å². The molecule has 14 heteroatoms. The smallest absolute Gasteiger partial charge is 0.330 e. The van der Waals surface area contributed by atoms with E-state index < -0.39 is 17.9 Å². The average Bonchev–Trinajstić information content (AvgIpc) is 3.13. The number of esters is 1. The van der Waals surface area contributed by atoms with Crippen LogP contribution >= 0.6 is 31.9 Å². The first-order valence-corrected chi connectivity index (χ1v) is 19.7. The molecule has 4 heterocycles. The van der Waals surface area contributed by atoms with Crippen molar-refractivity contribution in [1.29, 1.82) is 0 Å². The summed E-state index contributed by atoms with van der Waals surface area (Å²) in [6.07, 6.45) is 3.65. The molecule has 2 atom stereocenters. The standard InChI is InChI=1S/C37H49Br2N7O5/c1-3-51-36(49)32-23-44(27-8-12-42(2)13-9-27)16-17-45(32)35(48)26(18-24-19-29(38)34(40)30(39)20-24)21-33(47)43-14-10-28(11-15-43)46-22-25-6-4-5-7-31(25)41-37(46)50/h4-7,19-20,26-28,32H,3,8-18,21-23,40H2,1-2H3,(H,41,50). The second kappa shape index (κ2) is 16.6. The molecule has 0 aromatic heterocycles. The summed E-state index contributed by atoms with van der Waals surface area (Å²) in [5.74, 6) is -1.43. The number of fused-ring (bicyclic) bond motifs is 1. The Morgan fingerprint density at radius 2 is 1.63 bits per heavy atom. The van der Waals surface area contributed by atoms with Gasteiger partial charge >= 0.3 is 12.0 Å². The maximum atomic E-state index is 14.6. The average molecular weight is 832 g/mol. The van der Waals surface area contributed by atoms with Crippen LogP contribution in [-0.4, -0.2) is 126 Å². The first-order chi connectivity index (χ1) is 24.5. The summed E-state index contributed by atoms with van der Waals surface area (Å²) in [6.45, 7) is 7.01. The molecule has 0 spiro atoms. The molecule has 4 amide bonds. The predicted molar refractivity (Wildman–Crippen MR) is 203 cm³/mol. The van der Waals surface area contributed by atoms with Gasteiger partial charge in [-0.05, 0) is 120 Å². The first kappa shape index (κ1) is 37.6. The number of nitrogen functional groups attached to an aromatic ring is 1. The zero-order valence-electron chi connectivity index (χ0n) is 29.5. The van der Waals surface area contributed by atoms with E-state index in [-0.39, 0.29) is 36.9 Å². The van der Waals surface area contributed by atoms with E-state index in [1.807, 2.05) is 46.2 Å². The topological polar surface area (TPSA) is 132 Å². The molecule has 4 aliphatic heterocycles. The number of carbonyl (C=O) groups is 4. The van der Waals surface area contributed by atoms with Gasteiger partial charge in [0.1, 0.15) is 6.04 Å². The summed E-state index contributed by atoms with van der Waals surface area (Å²) in [5.41, 5.74) is 9.50. The highest BCUT2D eigenvalue weighted by molar-refractivity contribution is 9.11. The lowest BCUT2D eigenvalue weighted by Gasteiger charge is -2.46. The lowest BCUT2D eigenvalue weighted by atomic mass is 9.91. The van der Waals surface area contributed by atoms with Gasteiger partial charge in [-0.3, -0.25) is 14.5 Å². The number of amides is 4. The van der Waals surface area contributed by atoms with Crippen molar-refractivity contribution in [2.24, 2.45) is 5.92 Å². The van der Waals surface area contributed by atoms with Crippen molar-refractivity contribution in [1.82, 2.24) is 24.5 Å². The van der Waals surface area contributed by atoms with Crippen molar-refractivity contribution < 1.29 is 23.9 Å². The van der Waals surface area contributed by atoms with Crippen LogP contribution in [0.5, 0.6) is 0 Å². The van der Waals surface area contributed by atoms with Crippen LogP contribution in [0, 0.1) is 5.92 Å². The molecule has 2 unspecified atom stereocenters. The highest BCUT2D eigenvalue weighted by Gasteiger charge is 2.42. The van der Waals surface area contributed by atoms with Gasteiger partial charge < -0.3 is 35.4 Å². The maximum Gasteiger partial charge on any atom is 0.330 e. The van der Waals surface area contributed by atoms with E-state index >= 15 is 0 Å². The summed E-state index contributed by atoms with van der Waals surface area (Å²) < 4.78 is 6.92. The van der Waals surface area contributed by atoms with Crippen molar-refractivity contribution >= 4 is 67.0 Å². The zero-order valence-corrected chi connectivity index (χ0v) is 32.7. The number of carbonyl (C=O) groups excluding carboxylic acids is 4. The zero-order chi connectivity index (χ0) is 36.2. The molecule has 6 rings (SSSR count). The Kier molecular flexibility index (Phi) is 12.3. The van der Waals surface area contributed by atoms with Crippen LogP contribution < -0.4 is 11.1 Å². The Morgan fingerprint density at radius 3 is 2.31 bits per heavy atom. The van der Waals surface area contributed by atoms with E-state index in [9.17, 15) is 19.2 Å². The predicted octanol–water partition coefficient (Wildman–Crippen LogP) is 4.55. The number of piperidine rings is 2. The van der Waals surface area contributed by atoms with Crippen molar-refractivity contribution in [3.8, 4) is 0 Å². The number of nitrogens with zero attached hydrogens (tertiary/aromatic N) is 5. The van der Waals surface area contributed by atoms with Crippen LogP contribution in [0.2, 0.25) is 0 Å². The number of halogens is 2. The van der Waals surface area contributed by atoms with E-state index in [0.717, 1.165) is 42.7 Å². The molecule has 12 nitrogen and oxygen atoms in total. The van der Waals surface area contributed by atoms with Crippen LogP contribution in [0.3, 0.4) is 0 Å². The Balaban J connectivity index is 1.17. The van der Waals surface area contributed by atoms with Gasteiger partial charge in [0.15, 0.2) is 0 Å². The van der Waals surface area contributed by atoms with E-state index in [0.29, 0.717) is 79.2 Å². The number of benzene rings is 2. The van der Waals surface area contributed by atoms with E-state index in [1.165, 1.54) is 0 Å². The number of likely N-dealkylation sites (tertiary alicyclic amines) is 2. The van der Waals surface area contributed by atoms with Crippen LogP contribution in [0.15, 0.2) is 45.3 Å². The molecule has 0 bridgehead atoms. The number of rotatable bonds is 9. The van der Waals surface area contributed by atoms with Gasteiger partial charge in [-0.15, -0.1) is 0 Å². The highest BCUT2D eigenvalue weighted by Crippen LogP contribution is 2.33. The maximum absolute atomic E-state index is 14.6. The molecule has 3 saturated heterocycles. The molecule has 4 aliphatic rings. The number of urea groups is 1. The number of piperazine rings is 1. The molecule has 3 fully saturated rings. The molecule has 276 valence electrons. The molecule has 51 heavy (non-hydrogen) atoms. The van der Waals surface area contributed by atoms with Gasteiger partial charge in [0.2, 0.25) is 11.8 Å². The lowest BCUT2D eigenvalue weighted by molar-refractivity contribution is -0.161. The number of anilines is 2. The lowest BCUT2D eigenvalue weighted by Crippen LogP contribution is -2.62. The minimum atomic E-state index is -0.745. The minimum Gasteiger partial charge on any atom is -0.464 e. The second-order valence-corrected chi connectivity index (χ2v) is 15.9. The van der Waals surface area contributed by atoms with E-state index in [2.05, 4.69) is 54.0 Å². The fraction of sp³-hybridized carbons (Fsp3) is 0.568. The fourth-order valence-corrected chi connectivity index (χ4v) is 9.29. The van der Waals surface area contributed by atoms with Crippen molar-refractivity contribution in [2.75, 3.05) is 70.5 Å². The number of ether oxygens (including phenoxy) is 1. The highest BCUT2D eigenvalue weighted by atomic mass is 79.9. The van der Waals surface area contributed by atoms with E-state index in [1.54, 1.807) is 11.8 Å². The largest absolute Gasteiger partial charge is 0.464 e. The number of para-hydroxylation sites is 1. The number of hydrogen-bond donors (Lipinski definition) is 2. The second-order valence-electron chi connectivity index (χ2n) is 14.2. The van der Waals surface area contributed by atoms with Gasteiger partial charge in [-0.25, -0.2) is 9.59 Å². The summed E-state index contributed by atoms with van der Waals surface area (Å²) >= 11 is 7.06. The van der Waals surface area contributed by atoms with Gasteiger partial charge in [-0.1, -0.05) is 18.2 Å². The van der Waals surface area contributed by atoms with Gasteiger partial charge in [-0.2, -0.15) is 0 Å². The third kappa shape index (κ3) is 8.72. The van der Waals surface area contributed by atoms with Gasteiger partial charge in [0.05, 0.1) is 18.2 Å². The molecule has 0 radical (unpaired) electrons. The van der Waals surface area contributed by atoms with Crippen LogP contribution in [-0.2, 0) is 32.1 Å². The normalized spacial score (nSPS) is 21.6. The SMILES string of the molecule is CCOC(=O)C1CN(C2CCN(C)CC2)CCN1C(=O)C(CC(=O)N1CCC(N2Cc3ccccc3NC2=O)CC1)Cc1cc(Br)c(N)c(Br)c1. The summed E-state index contributed by atoms with van der Waals surface area (Å²) in [7, 11) is 2.13. The molecule has 2 aromatic carbocycles. The molecular formula is C37H49Br2N7O5. The molecule has 3 N–H and O–H groups in total. The van der Waals surface area contributed by atoms with Crippen molar-refractivity contribution in [3.05, 3.63) is 56.5 Å². The number of nitrogens with two attached hydrogens (primary N) is 1. The Bertz CT molecular complexity index is 1590. The van der Waals surface area contributed by atoms with Crippen molar-refractivity contribution in [2.45, 2.75) is 70.1 Å². The van der Waals surface area contributed by atoms with Crippen LogP contribution in [0.1, 0.15) is 50.2 Å². The molecule has 2 aromatic rings. The summed E-state index contributed by atoms with van der Waals surface area (Å²) in [4.78, 5) is 65.1. The monoisotopic (exact) mass is 829 g/mol. The fourth-order valence-electron chi connectivity index (χ4n) is 8.00.